The van der Waals surface area contributed by atoms with Gasteiger partial charge in [0.2, 0.25) is 0 Å². The molecule has 0 spiro atoms. The van der Waals surface area contributed by atoms with E-state index in [-0.39, 0.29) is 37.6 Å². The molecule has 148 valence electrons. The van der Waals surface area contributed by atoms with E-state index in [2.05, 4.69) is 0 Å². The number of hydrogen-bond donors (Lipinski definition) is 0. The second-order valence-corrected chi connectivity index (χ2v) is 6.28. The van der Waals surface area contributed by atoms with Gasteiger partial charge in [0.1, 0.15) is 11.6 Å². The van der Waals surface area contributed by atoms with E-state index in [1.165, 1.54) is 19.1 Å². The lowest BCUT2D eigenvalue weighted by Crippen LogP contribution is -2.50. The van der Waals surface area contributed by atoms with E-state index >= 15 is 0 Å². The molecule has 3 rings (SSSR count). The molecule has 1 heterocycles. The predicted octanol–water partition coefficient (Wildman–Crippen LogP) is 2.58. The maximum Gasteiger partial charge on any atom is 0.257 e. The predicted molar refractivity (Wildman–Crippen MR) is 97.7 cm³/mol. The van der Waals surface area contributed by atoms with Crippen LogP contribution in [0, 0.1) is 11.6 Å². The van der Waals surface area contributed by atoms with Crippen LogP contribution in [0.1, 0.15) is 20.7 Å². The van der Waals surface area contributed by atoms with Crippen LogP contribution in [0.25, 0.3) is 0 Å². The number of hydrogen-bond acceptors (Lipinski definition) is 4. The summed E-state index contributed by atoms with van der Waals surface area (Å²) in [5.74, 6) is -1.27. The quantitative estimate of drug-likeness (QED) is 0.805. The number of amides is 2. The molecule has 1 saturated heterocycles. The van der Waals surface area contributed by atoms with Crippen LogP contribution in [0.4, 0.5) is 8.78 Å². The Morgan fingerprint density at radius 1 is 0.821 bits per heavy atom. The number of nitrogens with zero attached hydrogens (tertiary/aromatic N) is 2. The molecular weight excluding hydrogens is 370 g/mol. The van der Waals surface area contributed by atoms with Gasteiger partial charge in [0.25, 0.3) is 11.8 Å². The lowest BCUT2D eigenvalue weighted by molar-refractivity contribution is 0.0532. The third-order valence-electron chi connectivity index (χ3n) is 4.64. The molecule has 0 unspecified atom stereocenters. The monoisotopic (exact) mass is 390 g/mol. The largest absolute Gasteiger partial charge is 0.493 e. The minimum atomic E-state index is -0.768. The SMILES string of the molecule is COc1ccc(C(=O)N2CCN(C(=O)c3cc(F)ccc3F)CC2)cc1OC. The van der Waals surface area contributed by atoms with E-state index in [4.69, 9.17) is 9.47 Å². The second kappa shape index (κ2) is 8.24. The van der Waals surface area contributed by atoms with Gasteiger partial charge in [-0.1, -0.05) is 0 Å². The average Bonchev–Trinajstić information content (AvgIpc) is 2.74. The Morgan fingerprint density at radius 3 is 2.04 bits per heavy atom. The number of piperazine rings is 1. The number of rotatable bonds is 4. The highest BCUT2D eigenvalue weighted by molar-refractivity contribution is 5.96. The van der Waals surface area contributed by atoms with Crippen LogP contribution in [0.2, 0.25) is 0 Å². The van der Waals surface area contributed by atoms with Crippen LogP contribution >= 0.6 is 0 Å². The van der Waals surface area contributed by atoms with E-state index in [0.29, 0.717) is 17.1 Å². The van der Waals surface area contributed by atoms with Crippen molar-refractivity contribution in [2.45, 2.75) is 0 Å². The van der Waals surface area contributed by atoms with Gasteiger partial charge in [-0.2, -0.15) is 0 Å². The van der Waals surface area contributed by atoms with Crippen LogP contribution < -0.4 is 9.47 Å². The van der Waals surface area contributed by atoms with Crippen molar-refractivity contribution in [1.82, 2.24) is 9.80 Å². The van der Waals surface area contributed by atoms with Gasteiger partial charge in [-0.25, -0.2) is 8.78 Å². The molecule has 0 atom stereocenters. The average molecular weight is 390 g/mol. The Labute approximate surface area is 161 Å². The van der Waals surface area contributed by atoms with Crippen LogP contribution in [-0.4, -0.2) is 62.0 Å². The molecule has 6 nitrogen and oxygen atoms in total. The first-order valence-electron chi connectivity index (χ1n) is 8.70. The van der Waals surface area contributed by atoms with E-state index in [0.717, 1.165) is 18.2 Å². The van der Waals surface area contributed by atoms with Gasteiger partial charge in [-0.05, 0) is 36.4 Å². The second-order valence-electron chi connectivity index (χ2n) is 6.28. The summed E-state index contributed by atoms with van der Waals surface area (Å²) in [6, 6.07) is 7.67. The van der Waals surface area contributed by atoms with E-state index in [1.807, 2.05) is 0 Å². The molecule has 0 saturated carbocycles. The van der Waals surface area contributed by atoms with Crippen LogP contribution in [0.3, 0.4) is 0 Å². The first kappa shape index (κ1) is 19.6. The van der Waals surface area contributed by atoms with Crippen molar-refractivity contribution in [1.29, 1.82) is 0 Å². The first-order chi connectivity index (χ1) is 13.4. The van der Waals surface area contributed by atoms with Crippen molar-refractivity contribution < 1.29 is 27.8 Å². The topological polar surface area (TPSA) is 59.1 Å². The Bertz CT molecular complexity index is 896. The standard InChI is InChI=1S/C20H20F2N2O4/c1-27-17-6-3-13(11-18(17)28-2)19(25)23-7-9-24(10-8-23)20(26)15-12-14(21)4-5-16(15)22/h3-6,11-12H,7-10H2,1-2H3. The molecule has 1 aliphatic rings. The zero-order chi connectivity index (χ0) is 20.3. The summed E-state index contributed by atoms with van der Waals surface area (Å²) in [7, 11) is 3.00. The number of methoxy groups -OCH3 is 2. The van der Waals surface area contributed by atoms with Crippen molar-refractivity contribution in [2.75, 3.05) is 40.4 Å². The number of carbonyl (C=O) groups is 2. The maximum atomic E-state index is 13.8. The molecule has 2 aromatic carbocycles. The van der Waals surface area contributed by atoms with Gasteiger partial charge in [-0.3, -0.25) is 9.59 Å². The Morgan fingerprint density at radius 2 is 1.43 bits per heavy atom. The van der Waals surface area contributed by atoms with Crippen LogP contribution in [0.5, 0.6) is 11.5 Å². The summed E-state index contributed by atoms with van der Waals surface area (Å²) < 4.78 is 37.6. The summed E-state index contributed by atoms with van der Waals surface area (Å²) in [5, 5.41) is 0. The highest BCUT2D eigenvalue weighted by Gasteiger charge is 2.27. The third kappa shape index (κ3) is 3.90. The van der Waals surface area contributed by atoms with Gasteiger partial charge >= 0.3 is 0 Å². The molecule has 0 aromatic heterocycles. The minimum Gasteiger partial charge on any atom is -0.493 e. The zero-order valence-electron chi connectivity index (χ0n) is 15.6. The fourth-order valence-electron chi connectivity index (χ4n) is 3.10. The van der Waals surface area contributed by atoms with E-state index < -0.39 is 17.5 Å². The molecule has 28 heavy (non-hydrogen) atoms. The molecule has 0 N–H and O–H groups in total. The molecule has 8 heteroatoms. The fraction of sp³-hybridized carbons (Fsp3) is 0.300. The van der Waals surface area contributed by atoms with Gasteiger partial charge in [0, 0.05) is 31.7 Å². The molecule has 2 aromatic rings. The molecule has 1 aliphatic heterocycles. The smallest absolute Gasteiger partial charge is 0.257 e. The summed E-state index contributed by atoms with van der Waals surface area (Å²) in [4.78, 5) is 28.2. The van der Waals surface area contributed by atoms with Crippen molar-refractivity contribution in [3.8, 4) is 11.5 Å². The summed E-state index contributed by atoms with van der Waals surface area (Å²) >= 11 is 0. The molecule has 0 radical (unpaired) electrons. The first-order valence-corrected chi connectivity index (χ1v) is 8.70. The van der Waals surface area contributed by atoms with Crippen molar-refractivity contribution in [2.24, 2.45) is 0 Å². The number of ether oxygens (including phenoxy) is 2. The maximum absolute atomic E-state index is 13.8. The van der Waals surface area contributed by atoms with E-state index in [1.54, 1.807) is 23.1 Å². The van der Waals surface area contributed by atoms with Gasteiger partial charge in [-0.15, -0.1) is 0 Å². The Balaban J connectivity index is 1.67. The summed E-state index contributed by atoms with van der Waals surface area (Å²) in [6.07, 6.45) is 0. The van der Waals surface area contributed by atoms with E-state index in [9.17, 15) is 18.4 Å². The highest BCUT2D eigenvalue weighted by atomic mass is 19.1. The van der Waals surface area contributed by atoms with Gasteiger partial charge < -0.3 is 19.3 Å². The molecule has 0 bridgehead atoms. The normalized spacial score (nSPS) is 14.0. The number of benzene rings is 2. The van der Waals surface area contributed by atoms with Crippen molar-refractivity contribution >= 4 is 11.8 Å². The summed E-state index contributed by atoms with van der Waals surface area (Å²) in [6.45, 7) is 1.04. The third-order valence-corrected chi connectivity index (χ3v) is 4.64. The van der Waals surface area contributed by atoms with Gasteiger partial charge in [0.15, 0.2) is 11.5 Å². The molecular formula is C20H20F2N2O4. The number of halogens is 2. The molecule has 1 fully saturated rings. The highest BCUT2D eigenvalue weighted by Crippen LogP contribution is 2.28. The lowest BCUT2D eigenvalue weighted by atomic mass is 10.1. The molecule has 0 aliphatic carbocycles. The van der Waals surface area contributed by atoms with Crippen LogP contribution in [-0.2, 0) is 0 Å². The fourth-order valence-corrected chi connectivity index (χ4v) is 3.10. The zero-order valence-corrected chi connectivity index (χ0v) is 15.6. The van der Waals surface area contributed by atoms with Crippen molar-refractivity contribution in [3.05, 3.63) is 59.2 Å². The number of carbonyl (C=O) groups excluding carboxylic acids is 2. The Kier molecular flexibility index (Phi) is 5.77. The lowest BCUT2D eigenvalue weighted by Gasteiger charge is -2.35. The Hall–Kier alpha value is -3.16. The minimum absolute atomic E-state index is 0.204. The van der Waals surface area contributed by atoms with Crippen molar-refractivity contribution in [3.63, 3.8) is 0 Å². The van der Waals surface area contributed by atoms with Crippen LogP contribution in [0.15, 0.2) is 36.4 Å². The van der Waals surface area contributed by atoms with Gasteiger partial charge in [0.05, 0.1) is 19.8 Å². The summed E-state index contributed by atoms with van der Waals surface area (Å²) in [5.41, 5.74) is 0.133. The molecule has 2 amide bonds.